The largest absolute Gasteiger partial charge is 0.494 e. The number of aromatic nitrogens is 7. The van der Waals surface area contributed by atoms with Gasteiger partial charge in [0.1, 0.15) is 11.6 Å². The van der Waals surface area contributed by atoms with Crippen LogP contribution in [0.2, 0.25) is 0 Å². The van der Waals surface area contributed by atoms with Crippen LogP contribution in [0.15, 0.2) is 42.9 Å². The van der Waals surface area contributed by atoms with Gasteiger partial charge in [-0.25, -0.2) is 9.97 Å². The molecule has 6 bridgehead atoms. The van der Waals surface area contributed by atoms with Crippen LogP contribution in [0.3, 0.4) is 0 Å². The van der Waals surface area contributed by atoms with Crippen molar-refractivity contribution in [2.24, 2.45) is 0 Å². The fourth-order valence-corrected chi connectivity index (χ4v) is 3.43. The Morgan fingerprint density at radius 2 is 1.86 bits per heavy atom. The van der Waals surface area contributed by atoms with E-state index in [-0.39, 0.29) is 0 Å². The molecule has 0 spiro atoms. The molecule has 1 aromatic carbocycles. The molecule has 6 rings (SSSR count). The van der Waals surface area contributed by atoms with Gasteiger partial charge in [0.05, 0.1) is 24.7 Å². The van der Waals surface area contributed by atoms with E-state index in [0.29, 0.717) is 17.6 Å². The van der Waals surface area contributed by atoms with Gasteiger partial charge in [-0.3, -0.25) is 4.68 Å². The van der Waals surface area contributed by atoms with Crippen molar-refractivity contribution in [1.82, 2.24) is 34.7 Å². The zero-order valence-corrected chi connectivity index (χ0v) is 15.5. The lowest BCUT2D eigenvalue weighted by Gasteiger charge is -2.08. The van der Waals surface area contributed by atoms with Crippen LogP contribution in [-0.4, -0.2) is 41.3 Å². The molecule has 28 heavy (non-hydrogen) atoms. The predicted molar refractivity (Wildman–Crippen MR) is 103 cm³/mol. The summed E-state index contributed by atoms with van der Waals surface area (Å²) >= 11 is 0. The number of benzene rings is 1. The second-order valence-electron chi connectivity index (χ2n) is 7.04. The third-order valence-corrected chi connectivity index (χ3v) is 4.92. The molecular formula is C20H21N7O. The lowest BCUT2D eigenvalue weighted by atomic mass is 10.2. The molecule has 2 aliphatic rings. The van der Waals surface area contributed by atoms with Gasteiger partial charge in [0.15, 0.2) is 11.2 Å². The summed E-state index contributed by atoms with van der Waals surface area (Å²) in [5.41, 5.74) is 3.37. The molecule has 0 amide bonds. The first-order valence-electron chi connectivity index (χ1n) is 9.67. The van der Waals surface area contributed by atoms with Crippen molar-refractivity contribution in [3.05, 3.63) is 54.2 Å². The minimum atomic E-state index is 0.633. The maximum Gasteiger partial charge on any atom is 0.187 e. The van der Waals surface area contributed by atoms with E-state index in [1.54, 1.807) is 10.9 Å². The Morgan fingerprint density at radius 3 is 2.79 bits per heavy atom. The van der Waals surface area contributed by atoms with Crippen molar-refractivity contribution < 1.29 is 4.74 Å². The Hall–Kier alpha value is -3.29. The standard InChI is InChI=1S/C20H21N7O/c1-2-4-10-28-17-7-5-16(6-8-17)27-20-18(24-25-27)13-21-19(23-20)11-15-12-22-26(14-15)9-3-1/h5-8,12-14H,1-4,9-11H2. The normalized spacial score (nSPS) is 15.1. The van der Waals surface area contributed by atoms with Gasteiger partial charge in [-0.15, -0.1) is 5.10 Å². The predicted octanol–water partition coefficient (Wildman–Crippen LogP) is 2.95. The Bertz CT molecular complexity index is 1080. The lowest BCUT2D eigenvalue weighted by molar-refractivity contribution is 0.304. The summed E-state index contributed by atoms with van der Waals surface area (Å²) < 4.78 is 9.60. The van der Waals surface area contributed by atoms with Crippen molar-refractivity contribution in [3.63, 3.8) is 0 Å². The van der Waals surface area contributed by atoms with E-state index in [9.17, 15) is 0 Å². The van der Waals surface area contributed by atoms with Crippen LogP contribution in [0.4, 0.5) is 0 Å². The number of rotatable bonds is 0. The fraction of sp³-hybridized carbons (Fsp3) is 0.350. The first-order chi connectivity index (χ1) is 13.8. The molecule has 0 saturated carbocycles. The molecule has 0 N–H and O–H groups in total. The number of nitrogens with zero attached hydrogens (tertiary/aromatic N) is 7. The average Bonchev–Trinajstić information content (AvgIpc) is 3.34. The second kappa shape index (κ2) is 7.38. The van der Waals surface area contributed by atoms with Crippen LogP contribution in [0, 0.1) is 0 Å². The van der Waals surface area contributed by atoms with E-state index < -0.39 is 0 Å². The molecule has 0 fully saturated rings. The van der Waals surface area contributed by atoms with Gasteiger partial charge in [-0.2, -0.15) is 9.78 Å². The number of hydrogen-bond acceptors (Lipinski definition) is 6. The second-order valence-corrected chi connectivity index (χ2v) is 7.04. The third kappa shape index (κ3) is 3.45. The van der Waals surface area contributed by atoms with Crippen molar-refractivity contribution in [2.45, 2.75) is 38.6 Å². The number of hydrogen-bond donors (Lipinski definition) is 0. The van der Waals surface area contributed by atoms with E-state index in [0.717, 1.165) is 55.2 Å². The first kappa shape index (κ1) is 16.9. The summed E-state index contributed by atoms with van der Waals surface area (Å²) in [7, 11) is 0. The third-order valence-electron chi connectivity index (χ3n) is 4.92. The van der Waals surface area contributed by atoms with Gasteiger partial charge in [0.2, 0.25) is 0 Å². The van der Waals surface area contributed by atoms with Gasteiger partial charge in [-0.1, -0.05) is 11.6 Å². The van der Waals surface area contributed by atoms with Gasteiger partial charge >= 0.3 is 0 Å². The highest BCUT2D eigenvalue weighted by molar-refractivity contribution is 5.70. The van der Waals surface area contributed by atoms with E-state index in [1.807, 2.05) is 35.1 Å². The van der Waals surface area contributed by atoms with Crippen molar-refractivity contribution >= 4 is 11.2 Å². The monoisotopic (exact) mass is 375 g/mol. The molecule has 0 unspecified atom stereocenters. The van der Waals surface area contributed by atoms with Gasteiger partial charge in [0, 0.05) is 19.2 Å². The van der Waals surface area contributed by atoms with E-state index in [2.05, 4.69) is 26.6 Å². The first-order valence-corrected chi connectivity index (χ1v) is 9.67. The Labute approximate surface area is 162 Å². The Balaban J connectivity index is 1.52. The zero-order chi connectivity index (χ0) is 18.8. The molecule has 8 nitrogen and oxygen atoms in total. The quantitative estimate of drug-likeness (QED) is 0.470. The summed E-state index contributed by atoms with van der Waals surface area (Å²) in [6.45, 7) is 1.66. The SMILES string of the molecule is c1nn2cc1Cc1ncc3nnn(c3n1)-c1ccc(cc1)OCCCCCC2. The minimum Gasteiger partial charge on any atom is -0.494 e. The molecule has 0 aliphatic carbocycles. The summed E-state index contributed by atoms with van der Waals surface area (Å²) in [4.78, 5) is 9.15. The number of fused-ring (bicyclic) bond motifs is 8. The molecule has 4 aromatic rings. The molecular weight excluding hydrogens is 354 g/mol. The Morgan fingerprint density at radius 1 is 0.964 bits per heavy atom. The highest BCUT2D eigenvalue weighted by atomic mass is 16.5. The molecule has 8 heteroatoms. The van der Waals surface area contributed by atoms with Crippen LogP contribution in [0.25, 0.3) is 16.9 Å². The number of ether oxygens (including phenoxy) is 1. The lowest BCUT2D eigenvalue weighted by Crippen LogP contribution is -2.02. The minimum absolute atomic E-state index is 0.633. The van der Waals surface area contributed by atoms with Crippen molar-refractivity contribution in [1.29, 1.82) is 0 Å². The molecule has 0 radical (unpaired) electrons. The highest BCUT2D eigenvalue weighted by Gasteiger charge is 2.12. The van der Waals surface area contributed by atoms with E-state index in [1.165, 1.54) is 6.42 Å². The molecule has 142 valence electrons. The van der Waals surface area contributed by atoms with E-state index >= 15 is 0 Å². The van der Waals surface area contributed by atoms with Crippen LogP contribution in [-0.2, 0) is 13.0 Å². The summed E-state index contributed by atoms with van der Waals surface area (Å²) in [5, 5.41) is 12.9. The zero-order valence-electron chi connectivity index (χ0n) is 15.5. The maximum atomic E-state index is 5.86. The van der Waals surface area contributed by atoms with E-state index in [4.69, 9.17) is 9.72 Å². The summed E-state index contributed by atoms with van der Waals surface area (Å²) in [6, 6.07) is 7.88. The fourth-order valence-electron chi connectivity index (χ4n) is 3.43. The van der Waals surface area contributed by atoms with Crippen LogP contribution in [0.1, 0.15) is 37.1 Å². The molecule has 5 heterocycles. The van der Waals surface area contributed by atoms with Crippen LogP contribution < -0.4 is 4.74 Å². The number of aryl methyl sites for hydroxylation is 1. The molecule has 2 aliphatic heterocycles. The smallest absolute Gasteiger partial charge is 0.187 e. The van der Waals surface area contributed by atoms with Crippen molar-refractivity contribution in [3.8, 4) is 11.4 Å². The average molecular weight is 375 g/mol. The summed E-state index contributed by atoms with van der Waals surface area (Å²) in [5.74, 6) is 1.60. The van der Waals surface area contributed by atoms with Crippen LogP contribution >= 0.6 is 0 Å². The summed E-state index contributed by atoms with van der Waals surface area (Å²) in [6.07, 6.45) is 10.8. The highest BCUT2D eigenvalue weighted by Crippen LogP contribution is 2.19. The van der Waals surface area contributed by atoms with Crippen molar-refractivity contribution in [2.75, 3.05) is 6.61 Å². The van der Waals surface area contributed by atoms with Gasteiger partial charge in [-0.05, 0) is 49.1 Å². The molecule has 3 aromatic heterocycles. The maximum absolute atomic E-state index is 5.86. The molecule has 0 saturated heterocycles. The van der Waals surface area contributed by atoms with Gasteiger partial charge in [0.25, 0.3) is 0 Å². The topological polar surface area (TPSA) is 83.5 Å². The Kier molecular flexibility index (Phi) is 4.44. The van der Waals surface area contributed by atoms with Crippen LogP contribution in [0.5, 0.6) is 5.75 Å². The van der Waals surface area contributed by atoms with Gasteiger partial charge < -0.3 is 4.74 Å². The molecule has 0 atom stereocenters.